The molecular weight excluding hydrogens is 226 g/mol. The number of para-hydroxylation sites is 1. The van der Waals surface area contributed by atoms with Crippen molar-refractivity contribution in [2.75, 3.05) is 6.61 Å². The lowest BCUT2D eigenvalue weighted by molar-refractivity contribution is -0.124. The summed E-state index contributed by atoms with van der Waals surface area (Å²) in [6, 6.07) is 9.77. The van der Waals surface area contributed by atoms with Crippen molar-refractivity contribution in [1.29, 1.82) is 0 Å². The van der Waals surface area contributed by atoms with E-state index >= 15 is 0 Å². The first-order valence-corrected chi connectivity index (χ1v) is 6.73. The average Bonchev–Trinajstić information content (AvgIpc) is 2.40. The summed E-state index contributed by atoms with van der Waals surface area (Å²) in [4.78, 5) is 11.8. The van der Waals surface area contributed by atoms with Gasteiger partial charge in [-0.15, -0.1) is 0 Å². The fourth-order valence-electron chi connectivity index (χ4n) is 2.44. The maximum absolute atomic E-state index is 11.8. The van der Waals surface area contributed by atoms with Crippen LogP contribution in [0.1, 0.15) is 32.6 Å². The molecule has 1 aromatic rings. The maximum atomic E-state index is 11.8. The summed E-state index contributed by atoms with van der Waals surface area (Å²) in [6.45, 7) is 2.31. The van der Waals surface area contributed by atoms with E-state index in [2.05, 4.69) is 12.2 Å². The molecule has 0 bridgehead atoms. The zero-order valence-corrected chi connectivity index (χ0v) is 10.9. The van der Waals surface area contributed by atoms with E-state index in [0.717, 1.165) is 12.2 Å². The second-order valence-electron chi connectivity index (χ2n) is 5.04. The summed E-state index contributed by atoms with van der Waals surface area (Å²) < 4.78 is 5.43. The van der Waals surface area contributed by atoms with Crippen LogP contribution in [0.3, 0.4) is 0 Å². The quantitative estimate of drug-likeness (QED) is 0.888. The molecule has 0 radical (unpaired) electrons. The number of carbonyl (C=O) groups is 1. The van der Waals surface area contributed by atoms with Crippen LogP contribution in [0.15, 0.2) is 30.3 Å². The molecule has 3 nitrogen and oxygen atoms in total. The predicted molar refractivity (Wildman–Crippen MR) is 71.5 cm³/mol. The first-order chi connectivity index (χ1) is 8.75. The number of hydrogen-bond donors (Lipinski definition) is 1. The second-order valence-corrected chi connectivity index (χ2v) is 5.04. The lowest BCUT2D eigenvalue weighted by Crippen LogP contribution is -2.43. The van der Waals surface area contributed by atoms with Crippen molar-refractivity contribution in [2.24, 2.45) is 5.92 Å². The summed E-state index contributed by atoms with van der Waals surface area (Å²) in [5.74, 6) is 1.31. The molecule has 0 aliphatic heterocycles. The third-order valence-electron chi connectivity index (χ3n) is 3.57. The Hall–Kier alpha value is -1.51. The Labute approximate surface area is 109 Å². The largest absolute Gasteiger partial charge is 0.484 e. The fraction of sp³-hybridized carbons (Fsp3) is 0.533. The van der Waals surface area contributed by atoms with E-state index in [1.807, 2.05) is 30.3 Å². The summed E-state index contributed by atoms with van der Waals surface area (Å²) in [5, 5.41) is 3.07. The number of nitrogens with one attached hydrogen (secondary N) is 1. The molecule has 0 aromatic heterocycles. The standard InChI is InChI=1S/C15H21NO2/c1-12-7-5-6-10-14(12)16-15(17)11-18-13-8-3-2-4-9-13/h2-4,8-9,12,14H,5-7,10-11H2,1H3,(H,16,17). The van der Waals surface area contributed by atoms with Gasteiger partial charge >= 0.3 is 0 Å². The van der Waals surface area contributed by atoms with Crippen LogP contribution >= 0.6 is 0 Å². The number of carbonyl (C=O) groups excluding carboxylic acids is 1. The SMILES string of the molecule is CC1CCCCC1NC(=O)COc1ccccc1. The Morgan fingerprint density at radius 3 is 2.72 bits per heavy atom. The first-order valence-electron chi connectivity index (χ1n) is 6.73. The molecule has 3 heteroatoms. The number of rotatable bonds is 4. The monoisotopic (exact) mass is 247 g/mol. The Morgan fingerprint density at radius 1 is 1.28 bits per heavy atom. The van der Waals surface area contributed by atoms with E-state index in [1.165, 1.54) is 19.3 Å². The lowest BCUT2D eigenvalue weighted by atomic mass is 9.86. The highest BCUT2D eigenvalue weighted by atomic mass is 16.5. The second kappa shape index (κ2) is 6.43. The van der Waals surface area contributed by atoms with Gasteiger partial charge in [-0.3, -0.25) is 4.79 Å². The molecule has 1 saturated carbocycles. The lowest BCUT2D eigenvalue weighted by Gasteiger charge is -2.29. The normalized spacial score (nSPS) is 23.4. The third-order valence-corrected chi connectivity index (χ3v) is 3.57. The minimum Gasteiger partial charge on any atom is -0.484 e. The number of amides is 1. The summed E-state index contributed by atoms with van der Waals surface area (Å²) >= 11 is 0. The molecule has 1 fully saturated rings. The Bertz CT molecular complexity index is 377. The van der Waals surface area contributed by atoms with Gasteiger partial charge in [0.15, 0.2) is 6.61 Å². The molecule has 1 aromatic carbocycles. The minimum absolute atomic E-state index is 0.0161. The van der Waals surface area contributed by atoms with Crippen molar-refractivity contribution < 1.29 is 9.53 Å². The summed E-state index contributed by atoms with van der Waals surface area (Å²) in [6.07, 6.45) is 4.81. The molecule has 1 N–H and O–H groups in total. The van der Waals surface area contributed by atoms with Crippen molar-refractivity contribution in [3.63, 3.8) is 0 Å². The molecule has 0 spiro atoms. The molecule has 18 heavy (non-hydrogen) atoms. The minimum atomic E-state index is -0.0161. The van der Waals surface area contributed by atoms with Crippen molar-refractivity contribution in [1.82, 2.24) is 5.32 Å². The Kier molecular flexibility index (Phi) is 4.62. The van der Waals surface area contributed by atoms with Gasteiger partial charge in [0.2, 0.25) is 0 Å². The van der Waals surface area contributed by atoms with Gasteiger partial charge in [-0.25, -0.2) is 0 Å². The number of hydrogen-bond acceptors (Lipinski definition) is 2. The van der Waals surface area contributed by atoms with E-state index in [0.29, 0.717) is 12.0 Å². The molecular formula is C15H21NO2. The van der Waals surface area contributed by atoms with Crippen molar-refractivity contribution in [2.45, 2.75) is 38.6 Å². The zero-order chi connectivity index (χ0) is 12.8. The van der Waals surface area contributed by atoms with Crippen molar-refractivity contribution >= 4 is 5.91 Å². The summed E-state index contributed by atoms with van der Waals surface area (Å²) in [5.41, 5.74) is 0. The van der Waals surface area contributed by atoms with Gasteiger partial charge in [0.25, 0.3) is 5.91 Å². The van der Waals surface area contributed by atoms with Crippen molar-refractivity contribution in [3.8, 4) is 5.75 Å². The fourth-order valence-corrected chi connectivity index (χ4v) is 2.44. The molecule has 2 rings (SSSR count). The average molecular weight is 247 g/mol. The van der Waals surface area contributed by atoms with Crippen LogP contribution in [-0.4, -0.2) is 18.6 Å². The van der Waals surface area contributed by atoms with Crippen LogP contribution in [0.25, 0.3) is 0 Å². The van der Waals surface area contributed by atoms with Crippen LogP contribution in [0.2, 0.25) is 0 Å². The first kappa shape index (κ1) is 12.9. The topological polar surface area (TPSA) is 38.3 Å². The van der Waals surface area contributed by atoms with Gasteiger partial charge in [-0.2, -0.15) is 0 Å². The third kappa shape index (κ3) is 3.76. The van der Waals surface area contributed by atoms with Crippen molar-refractivity contribution in [3.05, 3.63) is 30.3 Å². The van der Waals surface area contributed by atoms with Gasteiger partial charge < -0.3 is 10.1 Å². The molecule has 1 amide bonds. The van der Waals surface area contributed by atoms with Crippen LogP contribution in [0, 0.1) is 5.92 Å². The van der Waals surface area contributed by atoms with Crippen LogP contribution in [0.5, 0.6) is 5.75 Å². The van der Waals surface area contributed by atoms with E-state index in [4.69, 9.17) is 4.74 Å². The highest BCUT2D eigenvalue weighted by Crippen LogP contribution is 2.23. The number of ether oxygens (including phenoxy) is 1. The predicted octanol–water partition coefficient (Wildman–Crippen LogP) is 2.76. The Morgan fingerprint density at radius 2 is 2.00 bits per heavy atom. The molecule has 2 unspecified atom stereocenters. The molecule has 2 atom stereocenters. The molecule has 0 saturated heterocycles. The Balaban J connectivity index is 1.75. The molecule has 1 aliphatic carbocycles. The van der Waals surface area contributed by atoms with E-state index in [-0.39, 0.29) is 12.5 Å². The zero-order valence-electron chi connectivity index (χ0n) is 10.9. The van der Waals surface area contributed by atoms with Crippen LogP contribution in [-0.2, 0) is 4.79 Å². The van der Waals surface area contributed by atoms with Crippen LogP contribution < -0.4 is 10.1 Å². The maximum Gasteiger partial charge on any atom is 0.258 e. The van der Waals surface area contributed by atoms with E-state index < -0.39 is 0 Å². The van der Waals surface area contributed by atoms with Gasteiger partial charge in [0, 0.05) is 6.04 Å². The van der Waals surface area contributed by atoms with E-state index in [9.17, 15) is 4.79 Å². The van der Waals surface area contributed by atoms with Crippen LogP contribution in [0.4, 0.5) is 0 Å². The molecule has 0 heterocycles. The number of benzene rings is 1. The molecule has 98 valence electrons. The van der Waals surface area contributed by atoms with E-state index in [1.54, 1.807) is 0 Å². The smallest absolute Gasteiger partial charge is 0.258 e. The van der Waals surface area contributed by atoms with Gasteiger partial charge in [0.05, 0.1) is 0 Å². The highest BCUT2D eigenvalue weighted by molar-refractivity contribution is 5.77. The summed E-state index contributed by atoms with van der Waals surface area (Å²) in [7, 11) is 0. The molecule has 1 aliphatic rings. The van der Waals surface area contributed by atoms with Gasteiger partial charge in [0.1, 0.15) is 5.75 Å². The van der Waals surface area contributed by atoms with Gasteiger partial charge in [-0.1, -0.05) is 38.0 Å². The highest BCUT2D eigenvalue weighted by Gasteiger charge is 2.22. The van der Waals surface area contributed by atoms with Gasteiger partial charge in [-0.05, 0) is 30.9 Å².